The molecule has 1 rings (SSSR count). The number of hydrogen-bond donors (Lipinski definition) is 5. The monoisotopic (exact) mass is 585 g/mol. The lowest BCUT2D eigenvalue weighted by Gasteiger charge is -2.24. The van der Waals surface area contributed by atoms with Crippen LogP contribution in [0, 0.1) is 5.92 Å². The summed E-state index contributed by atoms with van der Waals surface area (Å²) >= 11 is 0. The maximum atomic E-state index is 12.7. The Balaban J connectivity index is 2.12. The highest BCUT2D eigenvalue weighted by Crippen LogP contribution is 2.07. The summed E-state index contributed by atoms with van der Waals surface area (Å²) in [5.41, 5.74) is 4.97. The molecule has 1 aliphatic rings. The maximum absolute atomic E-state index is 12.7. The summed E-state index contributed by atoms with van der Waals surface area (Å²) in [5, 5.41) is 16.9. The molecule has 1 aliphatic heterocycles. The Hall–Kier alpha value is -3.56. The molecule has 232 valence electrons. The largest absolute Gasteiger partial charge is 0.480 e. The first-order valence-corrected chi connectivity index (χ1v) is 13.7. The van der Waals surface area contributed by atoms with Gasteiger partial charge in [0.25, 0.3) is 11.8 Å². The fraction of sp³-hybridized carbons (Fsp3) is 0.692. The number of ether oxygens (including phenoxy) is 3. The number of carboxylic acid groups (broad SMARTS) is 1. The van der Waals surface area contributed by atoms with Gasteiger partial charge in [0.2, 0.25) is 11.8 Å². The van der Waals surface area contributed by atoms with E-state index in [1.807, 2.05) is 0 Å². The second-order valence-corrected chi connectivity index (χ2v) is 9.58. The molecular weight excluding hydrogens is 542 g/mol. The number of nitrogens with two attached hydrogens (primary N) is 1. The molecule has 0 fully saturated rings. The molecule has 0 aliphatic carbocycles. The number of primary amides is 1. The number of nitrogens with zero attached hydrogens (tertiary/aromatic N) is 1. The zero-order chi connectivity index (χ0) is 30.6. The molecule has 0 aromatic carbocycles. The second-order valence-electron chi connectivity index (χ2n) is 9.58. The van der Waals surface area contributed by atoms with E-state index in [4.69, 9.17) is 19.9 Å². The first-order valence-electron chi connectivity index (χ1n) is 13.7. The van der Waals surface area contributed by atoms with Crippen LogP contribution in [0.4, 0.5) is 4.79 Å². The Morgan fingerprint density at radius 1 is 0.878 bits per heavy atom. The van der Waals surface area contributed by atoms with Crippen LogP contribution >= 0.6 is 0 Å². The highest BCUT2D eigenvalue weighted by atomic mass is 16.5. The second kappa shape index (κ2) is 20.3. The lowest BCUT2D eigenvalue weighted by Crippen LogP contribution is -2.53. The third-order valence-corrected chi connectivity index (χ3v) is 5.90. The van der Waals surface area contributed by atoms with Gasteiger partial charge in [0.1, 0.15) is 12.1 Å². The molecule has 0 radical (unpaired) electrons. The molecule has 15 nitrogen and oxygen atoms in total. The Bertz CT molecular complexity index is 893. The first-order chi connectivity index (χ1) is 19.5. The van der Waals surface area contributed by atoms with E-state index >= 15 is 0 Å². The highest BCUT2D eigenvalue weighted by molar-refractivity contribution is 6.12. The van der Waals surface area contributed by atoms with Crippen molar-refractivity contribution in [3.63, 3.8) is 0 Å². The third-order valence-electron chi connectivity index (χ3n) is 5.90. The van der Waals surface area contributed by atoms with Gasteiger partial charge in [-0.2, -0.15) is 0 Å². The summed E-state index contributed by atoms with van der Waals surface area (Å²) in [5.74, 6) is -3.08. The Kier molecular flexibility index (Phi) is 17.6. The topological polar surface area (TPSA) is 216 Å². The molecule has 0 saturated heterocycles. The van der Waals surface area contributed by atoms with Crippen LogP contribution in [0.1, 0.15) is 46.0 Å². The molecule has 2 atom stereocenters. The molecule has 0 unspecified atom stereocenters. The minimum Gasteiger partial charge on any atom is -0.480 e. The lowest BCUT2D eigenvalue weighted by molar-refractivity contribution is -0.142. The number of unbranched alkanes of at least 4 members (excludes halogenated alkanes) is 1. The van der Waals surface area contributed by atoms with Crippen molar-refractivity contribution in [1.29, 1.82) is 0 Å². The smallest absolute Gasteiger partial charge is 0.326 e. The Morgan fingerprint density at radius 3 is 2.02 bits per heavy atom. The number of carbonyl (C=O) groups excluding carboxylic acids is 5. The number of urea groups is 1. The number of carboxylic acids is 1. The summed E-state index contributed by atoms with van der Waals surface area (Å²) in [4.78, 5) is 71.2. The van der Waals surface area contributed by atoms with Gasteiger partial charge in [0.15, 0.2) is 0 Å². The van der Waals surface area contributed by atoms with Crippen LogP contribution in [-0.4, -0.2) is 110 Å². The molecule has 0 saturated carbocycles. The van der Waals surface area contributed by atoms with Gasteiger partial charge in [-0.15, -0.1) is 0 Å². The number of amides is 6. The van der Waals surface area contributed by atoms with E-state index in [-0.39, 0.29) is 56.2 Å². The Morgan fingerprint density at radius 2 is 1.46 bits per heavy atom. The molecule has 6 N–H and O–H groups in total. The van der Waals surface area contributed by atoms with Gasteiger partial charge in [-0.05, 0) is 31.6 Å². The quantitative estimate of drug-likeness (QED) is 0.0750. The van der Waals surface area contributed by atoms with Crippen LogP contribution in [0.3, 0.4) is 0 Å². The summed E-state index contributed by atoms with van der Waals surface area (Å²) in [6.07, 6.45) is 4.18. The van der Waals surface area contributed by atoms with E-state index in [9.17, 15) is 33.9 Å². The normalized spacial score (nSPS) is 14.3. The molecule has 0 aromatic rings. The summed E-state index contributed by atoms with van der Waals surface area (Å²) in [6, 6.07) is -2.78. The molecule has 1 heterocycles. The number of carbonyl (C=O) groups is 6. The van der Waals surface area contributed by atoms with E-state index in [0.29, 0.717) is 52.3 Å². The fourth-order valence-corrected chi connectivity index (χ4v) is 3.66. The van der Waals surface area contributed by atoms with Crippen molar-refractivity contribution in [2.45, 2.75) is 58.0 Å². The first kappa shape index (κ1) is 35.5. The van der Waals surface area contributed by atoms with Crippen LogP contribution in [0.15, 0.2) is 12.2 Å². The van der Waals surface area contributed by atoms with Gasteiger partial charge in [-0.1, -0.05) is 13.8 Å². The maximum Gasteiger partial charge on any atom is 0.326 e. The molecule has 15 heteroatoms. The average Bonchev–Trinajstić information content (AvgIpc) is 3.23. The van der Waals surface area contributed by atoms with E-state index in [2.05, 4.69) is 16.0 Å². The van der Waals surface area contributed by atoms with Crippen LogP contribution in [-0.2, 0) is 38.2 Å². The van der Waals surface area contributed by atoms with Crippen molar-refractivity contribution in [3.05, 3.63) is 12.2 Å². The number of nitrogens with one attached hydrogen (secondary N) is 3. The van der Waals surface area contributed by atoms with Crippen molar-refractivity contribution in [2.24, 2.45) is 11.7 Å². The zero-order valence-electron chi connectivity index (χ0n) is 23.7. The highest BCUT2D eigenvalue weighted by Gasteiger charge is 2.28. The minimum atomic E-state index is -1.21. The molecule has 6 amide bonds. The van der Waals surface area contributed by atoms with Crippen LogP contribution in [0.25, 0.3) is 0 Å². The molecule has 0 aromatic heterocycles. The number of rotatable bonds is 23. The molecule has 0 spiro atoms. The SMILES string of the molecule is CC(C)[C@H](NC(=O)CCCCOCCOCCOCCN1C(=O)C=CC1=O)C(=O)N[C@@H](CCCNC(N)=O)C(=O)O. The summed E-state index contributed by atoms with van der Waals surface area (Å²) < 4.78 is 16.2. The van der Waals surface area contributed by atoms with Crippen molar-refractivity contribution in [1.82, 2.24) is 20.9 Å². The van der Waals surface area contributed by atoms with Crippen molar-refractivity contribution in [2.75, 3.05) is 52.7 Å². The standard InChI is InChI=1S/C26H43N5O10/c1-18(2)23(24(35)29-19(25(36)37)6-5-10-28-26(27)38)30-20(32)7-3-4-12-39-14-16-41-17-15-40-13-11-31-21(33)8-9-22(31)34/h8-9,18-19,23H,3-7,10-17H2,1-2H3,(H,29,35)(H,30,32)(H,36,37)(H3,27,28,38)/t19-,23-/m0/s1. The van der Waals surface area contributed by atoms with Gasteiger partial charge in [-0.3, -0.25) is 24.1 Å². The molecule has 0 bridgehead atoms. The zero-order valence-corrected chi connectivity index (χ0v) is 23.7. The van der Waals surface area contributed by atoms with Gasteiger partial charge in [0, 0.05) is 31.7 Å². The predicted octanol–water partition coefficient (Wildman–Crippen LogP) is -0.710. The van der Waals surface area contributed by atoms with Crippen LogP contribution < -0.4 is 21.7 Å². The number of imide groups is 1. The lowest BCUT2D eigenvalue weighted by atomic mass is 10.0. The molecule has 41 heavy (non-hydrogen) atoms. The molecular formula is C26H43N5O10. The van der Waals surface area contributed by atoms with Crippen LogP contribution in [0.2, 0.25) is 0 Å². The van der Waals surface area contributed by atoms with Crippen molar-refractivity contribution in [3.8, 4) is 0 Å². The fourth-order valence-electron chi connectivity index (χ4n) is 3.66. The summed E-state index contributed by atoms with van der Waals surface area (Å²) in [6.45, 7) is 5.92. The Labute approximate surface area is 239 Å². The number of aliphatic carboxylic acids is 1. The van der Waals surface area contributed by atoms with E-state index < -0.39 is 30.0 Å². The van der Waals surface area contributed by atoms with Crippen LogP contribution in [0.5, 0.6) is 0 Å². The third kappa shape index (κ3) is 15.7. The van der Waals surface area contributed by atoms with E-state index in [0.717, 1.165) is 4.90 Å². The van der Waals surface area contributed by atoms with E-state index in [1.54, 1.807) is 13.8 Å². The van der Waals surface area contributed by atoms with Gasteiger partial charge >= 0.3 is 12.0 Å². The van der Waals surface area contributed by atoms with Crippen molar-refractivity contribution < 1.29 is 48.1 Å². The van der Waals surface area contributed by atoms with Gasteiger partial charge in [-0.25, -0.2) is 9.59 Å². The van der Waals surface area contributed by atoms with Crippen molar-refractivity contribution >= 4 is 35.6 Å². The van der Waals surface area contributed by atoms with Gasteiger partial charge < -0.3 is 41.0 Å². The number of hydrogen-bond acceptors (Lipinski definition) is 9. The minimum absolute atomic E-state index is 0.0855. The predicted molar refractivity (Wildman–Crippen MR) is 145 cm³/mol. The van der Waals surface area contributed by atoms with E-state index in [1.165, 1.54) is 12.2 Å². The van der Waals surface area contributed by atoms with Gasteiger partial charge in [0.05, 0.1) is 39.6 Å². The summed E-state index contributed by atoms with van der Waals surface area (Å²) in [7, 11) is 0. The average molecular weight is 586 g/mol.